The molecule has 2 N–H and O–H groups in total. The summed E-state index contributed by atoms with van der Waals surface area (Å²) in [5, 5.41) is 13.5. The monoisotopic (exact) mass is 298 g/mol. The van der Waals surface area contributed by atoms with Crippen LogP contribution >= 0.6 is 11.6 Å². The van der Waals surface area contributed by atoms with Gasteiger partial charge in [-0.15, -0.1) is 0 Å². The van der Waals surface area contributed by atoms with Crippen molar-refractivity contribution in [3.05, 3.63) is 28.8 Å². The standard InChI is InChI=1S/C16H27ClN2O/c1-5-8-19(9-10-20)15-11-14(17)7-6-13(15)12-18-16(2,3)4/h6-7,11,18,20H,5,8-10,12H2,1-4H3. The first-order valence-electron chi connectivity index (χ1n) is 7.26. The molecule has 0 bridgehead atoms. The second kappa shape index (κ2) is 7.87. The molecule has 0 heterocycles. The van der Waals surface area contributed by atoms with E-state index in [1.54, 1.807) is 0 Å². The lowest BCUT2D eigenvalue weighted by molar-refractivity contribution is 0.301. The maximum absolute atomic E-state index is 9.25. The minimum Gasteiger partial charge on any atom is -0.395 e. The van der Waals surface area contributed by atoms with Crippen molar-refractivity contribution in [1.29, 1.82) is 0 Å². The molecule has 0 spiro atoms. The number of rotatable bonds is 7. The Morgan fingerprint density at radius 1 is 1.25 bits per heavy atom. The van der Waals surface area contributed by atoms with Crippen molar-refractivity contribution < 1.29 is 5.11 Å². The Morgan fingerprint density at radius 2 is 1.95 bits per heavy atom. The Kier molecular flexibility index (Phi) is 6.80. The summed E-state index contributed by atoms with van der Waals surface area (Å²) in [6.07, 6.45) is 1.04. The van der Waals surface area contributed by atoms with Gasteiger partial charge < -0.3 is 15.3 Å². The molecule has 4 heteroatoms. The number of aliphatic hydroxyl groups is 1. The lowest BCUT2D eigenvalue weighted by Gasteiger charge is -2.28. The third-order valence-corrected chi connectivity index (χ3v) is 3.30. The Morgan fingerprint density at radius 3 is 2.50 bits per heavy atom. The van der Waals surface area contributed by atoms with Crippen LogP contribution in [0.3, 0.4) is 0 Å². The molecular formula is C16H27ClN2O. The fraction of sp³-hybridized carbons (Fsp3) is 0.625. The van der Waals surface area contributed by atoms with Crippen molar-refractivity contribution in [1.82, 2.24) is 5.32 Å². The third-order valence-electron chi connectivity index (χ3n) is 3.06. The third kappa shape index (κ3) is 5.70. The summed E-state index contributed by atoms with van der Waals surface area (Å²) in [4.78, 5) is 2.20. The van der Waals surface area contributed by atoms with E-state index in [9.17, 15) is 5.11 Å². The van der Waals surface area contributed by atoms with Gasteiger partial charge in [-0.25, -0.2) is 0 Å². The summed E-state index contributed by atoms with van der Waals surface area (Å²) in [5.74, 6) is 0. The number of anilines is 1. The Hall–Kier alpha value is -0.770. The maximum atomic E-state index is 9.25. The van der Waals surface area contributed by atoms with Gasteiger partial charge in [0.15, 0.2) is 0 Å². The van der Waals surface area contributed by atoms with Crippen molar-refractivity contribution in [2.45, 2.75) is 46.2 Å². The molecule has 0 saturated carbocycles. The zero-order valence-electron chi connectivity index (χ0n) is 13.0. The van der Waals surface area contributed by atoms with Crippen LogP contribution in [0.1, 0.15) is 39.7 Å². The highest BCUT2D eigenvalue weighted by Gasteiger charge is 2.14. The van der Waals surface area contributed by atoms with Crippen LogP contribution in [-0.2, 0) is 6.54 Å². The molecule has 0 atom stereocenters. The Bertz CT molecular complexity index is 409. The highest BCUT2D eigenvalue weighted by molar-refractivity contribution is 6.30. The second-order valence-electron chi connectivity index (χ2n) is 6.09. The van der Waals surface area contributed by atoms with Crippen LogP contribution in [0.4, 0.5) is 5.69 Å². The van der Waals surface area contributed by atoms with Crippen LogP contribution < -0.4 is 10.2 Å². The fourth-order valence-electron chi connectivity index (χ4n) is 2.08. The van der Waals surface area contributed by atoms with Gasteiger partial charge in [0.05, 0.1) is 6.61 Å². The van der Waals surface area contributed by atoms with Gasteiger partial charge >= 0.3 is 0 Å². The topological polar surface area (TPSA) is 35.5 Å². The molecule has 1 rings (SSSR count). The van der Waals surface area contributed by atoms with Gasteiger partial charge in [-0.2, -0.15) is 0 Å². The van der Waals surface area contributed by atoms with Crippen LogP contribution in [-0.4, -0.2) is 30.3 Å². The zero-order valence-corrected chi connectivity index (χ0v) is 13.8. The number of hydrogen-bond donors (Lipinski definition) is 2. The molecule has 0 aliphatic carbocycles. The molecule has 0 fully saturated rings. The van der Waals surface area contributed by atoms with Gasteiger partial charge in [0.1, 0.15) is 0 Å². The van der Waals surface area contributed by atoms with E-state index in [-0.39, 0.29) is 12.1 Å². The fourth-order valence-corrected chi connectivity index (χ4v) is 2.25. The van der Waals surface area contributed by atoms with Gasteiger partial charge in [0, 0.05) is 35.9 Å². The van der Waals surface area contributed by atoms with E-state index in [2.05, 4.69) is 44.0 Å². The highest BCUT2D eigenvalue weighted by atomic mass is 35.5. The van der Waals surface area contributed by atoms with Crippen LogP contribution in [0, 0.1) is 0 Å². The van der Waals surface area contributed by atoms with Crippen molar-refractivity contribution in [2.24, 2.45) is 0 Å². The van der Waals surface area contributed by atoms with Crippen LogP contribution in [0.2, 0.25) is 5.02 Å². The lowest BCUT2D eigenvalue weighted by Crippen LogP contribution is -2.36. The molecule has 0 amide bonds. The molecular weight excluding hydrogens is 272 g/mol. The minimum absolute atomic E-state index is 0.0729. The Labute approximate surface area is 127 Å². The number of nitrogens with one attached hydrogen (secondary N) is 1. The first kappa shape index (κ1) is 17.3. The van der Waals surface area contributed by atoms with Gasteiger partial charge in [-0.05, 0) is 44.9 Å². The van der Waals surface area contributed by atoms with E-state index in [1.807, 2.05) is 12.1 Å². The molecule has 0 aliphatic rings. The average molecular weight is 299 g/mol. The van der Waals surface area contributed by atoms with E-state index in [1.165, 1.54) is 5.56 Å². The normalized spacial score (nSPS) is 11.7. The Balaban J connectivity index is 2.98. The molecule has 20 heavy (non-hydrogen) atoms. The number of hydrogen-bond acceptors (Lipinski definition) is 3. The first-order valence-corrected chi connectivity index (χ1v) is 7.64. The van der Waals surface area contributed by atoms with E-state index < -0.39 is 0 Å². The molecule has 1 aromatic rings. The van der Waals surface area contributed by atoms with Gasteiger partial charge in [-0.3, -0.25) is 0 Å². The first-order chi connectivity index (χ1) is 9.37. The number of benzene rings is 1. The second-order valence-corrected chi connectivity index (χ2v) is 6.52. The molecule has 114 valence electrons. The molecule has 1 aromatic carbocycles. The molecule has 0 radical (unpaired) electrons. The minimum atomic E-state index is 0.0729. The van der Waals surface area contributed by atoms with Gasteiger partial charge in [-0.1, -0.05) is 24.6 Å². The van der Waals surface area contributed by atoms with Crippen molar-refractivity contribution in [3.8, 4) is 0 Å². The van der Waals surface area contributed by atoms with Gasteiger partial charge in [0.25, 0.3) is 0 Å². The number of halogens is 1. The molecule has 0 aromatic heterocycles. The summed E-state index contributed by atoms with van der Waals surface area (Å²) in [7, 11) is 0. The molecule has 0 saturated heterocycles. The molecule has 0 aliphatic heterocycles. The highest BCUT2D eigenvalue weighted by Crippen LogP contribution is 2.25. The average Bonchev–Trinajstić information content (AvgIpc) is 2.36. The summed E-state index contributed by atoms with van der Waals surface area (Å²) >= 11 is 6.14. The van der Waals surface area contributed by atoms with Crippen molar-refractivity contribution in [2.75, 3.05) is 24.6 Å². The predicted octanol–water partition coefficient (Wildman–Crippen LogP) is 3.44. The predicted molar refractivity (Wildman–Crippen MR) is 87.6 cm³/mol. The largest absolute Gasteiger partial charge is 0.395 e. The summed E-state index contributed by atoms with van der Waals surface area (Å²) in [6.45, 7) is 11.1. The van der Waals surface area contributed by atoms with Crippen LogP contribution in [0.5, 0.6) is 0 Å². The van der Waals surface area contributed by atoms with Crippen molar-refractivity contribution >= 4 is 17.3 Å². The smallest absolute Gasteiger partial charge is 0.0606 e. The number of aliphatic hydroxyl groups excluding tert-OH is 1. The quantitative estimate of drug-likeness (QED) is 0.809. The van der Waals surface area contributed by atoms with Crippen LogP contribution in [0.25, 0.3) is 0 Å². The van der Waals surface area contributed by atoms with E-state index in [0.717, 1.165) is 30.2 Å². The summed E-state index contributed by atoms with van der Waals surface area (Å²) in [6, 6.07) is 5.98. The number of nitrogens with zero attached hydrogens (tertiary/aromatic N) is 1. The lowest BCUT2D eigenvalue weighted by atomic mass is 10.1. The van der Waals surface area contributed by atoms with Crippen LogP contribution in [0.15, 0.2) is 18.2 Å². The maximum Gasteiger partial charge on any atom is 0.0606 e. The van der Waals surface area contributed by atoms with E-state index >= 15 is 0 Å². The summed E-state index contributed by atoms with van der Waals surface area (Å²) in [5.41, 5.74) is 2.40. The molecule has 0 unspecified atom stereocenters. The van der Waals surface area contributed by atoms with E-state index in [4.69, 9.17) is 11.6 Å². The molecule has 3 nitrogen and oxygen atoms in total. The van der Waals surface area contributed by atoms with Crippen molar-refractivity contribution in [3.63, 3.8) is 0 Å². The zero-order chi connectivity index (χ0) is 15.2. The summed E-state index contributed by atoms with van der Waals surface area (Å²) < 4.78 is 0. The van der Waals surface area contributed by atoms with E-state index in [0.29, 0.717) is 6.54 Å². The SMILES string of the molecule is CCCN(CCO)c1cc(Cl)ccc1CNC(C)(C)C. The van der Waals surface area contributed by atoms with Gasteiger partial charge in [0.2, 0.25) is 0 Å².